The lowest BCUT2D eigenvalue weighted by Crippen LogP contribution is -2.17. The average molecular weight is 288 g/mol. The predicted octanol–water partition coefficient (Wildman–Crippen LogP) is 1.83. The topological polar surface area (TPSA) is 55.1 Å². The summed E-state index contributed by atoms with van der Waals surface area (Å²) in [5.41, 5.74) is 7.52. The first kappa shape index (κ1) is 14.5. The lowest BCUT2D eigenvalue weighted by Gasteiger charge is -2.13. The summed E-state index contributed by atoms with van der Waals surface area (Å²) in [6.07, 6.45) is 3.68. The third kappa shape index (κ3) is 4.29. The monoisotopic (exact) mass is 288 g/mol. The molecule has 0 amide bonds. The molecule has 94 valence electrons. The molecule has 0 saturated heterocycles. The van der Waals surface area contributed by atoms with Gasteiger partial charge in [-0.3, -0.25) is 4.21 Å². The highest BCUT2D eigenvalue weighted by molar-refractivity contribution is 7.98. The minimum Gasteiger partial charge on any atom is -0.389 e. The number of benzene rings is 1. The van der Waals surface area contributed by atoms with E-state index >= 15 is 0 Å². The molecule has 3 nitrogen and oxygen atoms in total. The van der Waals surface area contributed by atoms with Crippen LogP contribution in [0.3, 0.4) is 0 Å². The Labute approximate surface area is 114 Å². The van der Waals surface area contributed by atoms with Crippen molar-refractivity contribution in [2.75, 3.05) is 30.1 Å². The molecule has 1 atom stereocenters. The average Bonchev–Trinajstić information content (AvgIpc) is 2.27. The molecule has 0 aliphatic heterocycles. The highest BCUT2D eigenvalue weighted by atomic mass is 32.2. The van der Waals surface area contributed by atoms with Gasteiger partial charge in [0.05, 0.1) is 0 Å². The van der Waals surface area contributed by atoms with E-state index in [0.29, 0.717) is 17.3 Å². The van der Waals surface area contributed by atoms with E-state index in [-0.39, 0.29) is 0 Å². The van der Waals surface area contributed by atoms with Gasteiger partial charge in [0.2, 0.25) is 0 Å². The van der Waals surface area contributed by atoms with E-state index in [2.05, 4.69) is 5.32 Å². The largest absolute Gasteiger partial charge is 0.389 e. The van der Waals surface area contributed by atoms with Crippen molar-refractivity contribution in [2.24, 2.45) is 5.73 Å². The summed E-state index contributed by atoms with van der Waals surface area (Å²) in [6, 6.07) is 5.88. The molecule has 6 heteroatoms. The molecule has 0 spiro atoms. The standard InChI is InChI=1S/C11H16N2OS3/c1-16-9-5-3-4-8(10(9)11(12)15)13-6-7-17(2)14/h3-5,13H,6-7H2,1-2H3,(H2,12,15). The first-order valence-electron chi connectivity index (χ1n) is 5.07. The van der Waals surface area contributed by atoms with Gasteiger partial charge in [-0.25, -0.2) is 0 Å². The van der Waals surface area contributed by atoms with Gasteiger partial charge in [0.1, 0.15) is 4.99 Å². The maximum absolute atomic E-state index is 11.0. The van der Waals surface area contributed by atoms with Crippen molar-refractivity contribution in [3.63, 3.8) is 0 Å². The first-order chi connectivity index (χ1) is 8.06. The molecule has 0 aliphatic rings. The number of hydrogen-bond donors (Lipinski definition) is 2. The van der Waals surface area contributed by atoms with Crippen molar-refractivity contribution in [1.29, 1.82) is 0 Å². The van der Waals surface area contributed by atoms with E-state index in [1.165, 1.54) is 0 Å². The number of thiocarbonyl (C=S) groups is 1. The van der Waals surface area contributed by atoms with Crippen molar-refractivity contribution in [1.82, 2.24) is 0 Å². The summed E-state index contributed by atoms with van der Waals surface area (Å²) in [5, 5.41) is 3.23. The van der Waals surface area contributed by atoms with Crippen molar-refractivity contribution in [3.05, 3.63) is 23.8 Å². The van der Waals surface area contributed by atoms with Crippen molar-refractivity contribution in [3.8, 4) is 0 Å². The van der Waals surface area contributed by atoms with Crippen LogP contribution >= 0.6 is 24.0 Å². The molecular weight excluding hydrogens is 272 g/mol. The van der Waals surface area contributed by atoms with Crippen LogP contribution in [0.4, 0.5) is 5.69 Å². The fourth-order valence-electron chi connectivity index (χ4n) is 1.43. The van der Waals surface area contributed by atoms with E-state index in [0.717, 1.165) is 16.1 Å². The molecule has 1 unspecified atom stereocenters. The van der Waals surface area contributed by atoms with Gasteiger partial charge in [-0.2, -0.15) is 0 Å². The minimum atomic E-state index is -0.795. The minimum absolute atomic E-state index is 0.384. The van der Waals surface area contributed by atoms with Gasteiger partial charge in [0.15, 0.2) is 0 Å². The zero-order valence-electron chi connectivity index (χ0n) is 9.86. The molecule has 17 heavy (non-hydrogen) atoms. The molecule has 1 aromatic rings. The zero-order chi connectivity index (χ0) is 12.8. The summed E-state index contributed by atoms with van der Waals surface area (Å²) >= 11 is 6.68. The van der Waals surface area contributed by atoms with Crippen LogP contribution in [0.1, 0.15) is 5.56 Å². The molecule has 0 aromatic heterocycles. The highest BCUT2D eigenvalue weighted by Crippen LogP contribution is 2.26. The lowest BCUT2D eigenvalue weighted by molar-refractivity contribution is 0.687. The Bertz CT molecular complexity index is 435. The third-order valence-electron chi connectivity index (χ3n) is 2.20. The van der Waals surface area contributed by atoms with Crippen molar-refractivity contribution in [2.45, 2.75) is 4.90 Å². The summed E-state index contributed by atoms with van der Waals surface area (Å²) < 4.78 is 11.0. The quantitative estimate of drug-likeness (QED) is 0.618. The highest BCUT2D eigenvalue weighted by Gasteiger charge is 2.10. The van der Waals surface area contributed by atoms with Gasteiger partial charge < -0.3 is 11.1 Å². The van der Waals surface area contributed by atoms with Crippen molar-refractivity contribution < 1.29 is 4.21 Å². The Balaban J connectivity index is 2.90. The molecule has 0 saturated carbocycles. The maximum atomic E-state index is 11.0. The number of thioether (sulfide) groups is 1. The van der Waals surface area contributed by atoms with Crippen LogP contribution in [-0.2, 0) is 10.8 Å². The van der Waals surface area contributed by atoms with Gasteiger partial charge in [0.25, 0.3) is 0 Å². The molecule has 0 bridgehead atoms. The number of rotatable bonds is 6. The fraction of sp³-hybridized carbons (Fsp3) is 0.364. The second-order valence-electron chi connectivity index (χ2n) is 3.45. The van der Waals surface area contributed by atoms with E-state index in [1.54, 1.807) is 18.0 Å². The predicted molar refractivity (Wildman–Crippen MR) is 81.5 cm³/mol. The number of nitrogens with two attached hydrogens (primary N) is 1. The van der Waals surface area contributed by atoms with Gasteiger partial charge in [-0.1, -0.05) is 18.3 Å². The van der Waals surface area contributed by atoms with E-state index in [1.807, 2.05) is 24.5 Å². The summed E-state index contributed by atoms with van der Waals surface area (Å²) in [7, 11) is -0.795. The fourth-order valence-corrected chi connectivity index (χ4v) is 2.74. The molecule has 0 heterocycles. The SMILES string of the molecule is CSc1cccc(NCCS(C)=O)c1C(N)=S. The Morgan fingerprint density at radius 3 is 2.82 bits per heavy atom. The van der Waals surface area contributed by atoms with Crippen LogP contribution < -0.4 is 11.1 Å². The number of nitrogens with one attached hydrogen (secondary N) is 1. The summed E-state index contributed by atoms with van der Waals surface area (Å²) in [4.78, 5) is 1.44. The van der Waals surface area contributed by atoms with Crippen LogP contribution in [0.15, 0.2) is 23.1 Å². The zero-order valence-corrected chi connectivity index (χ0v) is 12.3. The Morgan fingerprint density at radius 2 is 2.29 bits per heavy atom. The smallest absolute Gasteiger partial charge is 0.107 e. The summed E-state index contributed by atoms with van der Waals surface area (Å²) in [6.45, 7) is 0.649. The van der Waals surface area contributed by atoms with Gasteiger partial charge in [-0.05, 0) is 18.4 Å². The third-order valence-corrected chi connectivity index (χ3v) is 3.96. The molecule has 3 N–H and O–H groups in total. The Hall–Kier alpha value is -0.590. The van der Waals surface area contributed by atoms with Crippen molar-refractivity contribution >= 4 is 45.5 Å². The second-order valence-corrected chi connectivity index (χ2v) is 6.29. The van der Waals surface area contributed by atoms with E-state index in [4.69, 9.17) is 18.0 Å². The number of anilines is 1. The summed E-state index contributed by atoms with van der Waals surface area (Å²) in [5.74, 6) is 0.611. The molecule has 0 radical (unpaired) electrons. The molecule has 0 fully saturated rings. The second kappa shape index (κ2) is 6.98. The molecule has 0 aliphatic carbocycles. The maximum Gasteiger partial charge on any atom is 0.107 e. The van der Waals surface area contributed by atoms with E-state index < -0.39 is 10.8 Å². The lowest BCUT2D eigenvalue weighted by atomic mass is 10.1. The van der Waals surface area contributed by atoms with Gasteiger partial charge in [-0.15, -0.1) is 11.8 Å². The molecule has 1 rings (SSSR count). The number of hydrogen-bond acceptors (Lipinski definition) is 4. The van der Waals surface area contributed by atoms with Crippen LogP contribution in [-0.4, -0.2) is 34.0 Å². The van der Waals surface area contributed by atoms with Gasteiger partial charge in [0, 0.05) is 45.5 Å². The van der Waals surface area contributed by atoms with Crippen LogP contribution in [0.25, 0.3) is 0 Å². The Kier molecular flexibility index (Phi) is 5.94. The van der Waals surface area contributed by atoms with E-state index in [9.17, 15) is 4.21 Å². The van der Waals surface area contributed by atoms with Crippen LogP contribution in [0.2, 0.25) is 0 Å². The molecule has 1 aromatic carbocycles. The normalized spacial score (nSPS) is 12.1. The van der Waals surface area contributed by atoms with Crippen LogP contribution in [0.5, 0.6) is 0 Å². The van der Waals surface area contributed by atoms with Gasteiger partial charge >= 0.3 is 0 Å². The molecular formula is C11H16N2OS3. The van der Waals surface area contributed by atoms with Crippen LogP contribution in [0, 0.1) is 0 Å². The Morgan fingerprint density at radius 1 is 1.59 bits per heavy atom. The first-order valence-corrected chi connectivity index (χ1v) is 8.43.